The Bertz CT molecular complexity index is 423. The van der Waals surface area contributed by atoms with Crippen LogP contribution in [0.5, 0.6) is 0 Å². The minimum atomic E-state index is -0.0932. The third kappa shape index (κ3) is 2.98. The fourth-order valence-electron chi connectivity index (χ4n) is 3.41. The van der Waals surface area contributed by atoms with Gasteiger partial charge < -0.3 is 10.1 Å². The van der Waals surface area contributed by atoms with Gasteiger partial charge in [-0.15, -0.1) is 0 Å². The van der Waals surface area contributed by atoms with E-state index in [0.29, 0.717) is 11.8 Å². The zero-order valence-corrected chi connectivity index (χ0v) is 11.3. The van der Waals surface area contributed by atoms with E-state index in [-0.39, 0.29) is 5.82 Å². The number of hydrogen-bond acceptors (Lipinski definition) is 2. The number of hydrogen-bond donors (Lipinski definition) is 1. The predicted octanol–water partition coefficient (Wildman–Crippen LogP) is 3.19. The van der Waals surface area contributed by atoms with E-state index in [0.717, 1.165) is 52.0 Å². The Labute approximate surface area is 114 Å². The van der Waals surface area contributed by atoms with Crippen molar-refractivity contribution in [2.45, 2.75) is 37.5 Å². The molecule has 2 saturated heterocycles. The summed E-state index contributed by atoms with van der Waals surface area (Å²) in [6, 6.07) is 5.42. The van der Waals surface area contributed by atoms with Crippen molar-refractivity contribution >= 4 is 0 Å². The quantitative estimate of drug-likeness (QED) is 0.885. The molecule has 0 saturated carbocycles. The molecule has 1 N–H and O–H groups in total. The lowest BCUT2D eigenvalue weighted by atomic mass is 9.80. The summed E-state index contributed by atoms with van der Waals surface area (Å²) in [7, 11) is 0. The Kier molecular flexibility index (Phi) is 4.14. The van der Waals surface area contributed by atoms with Crippen LogP contribution >= 0.6 is 0 Å². The number of piperidine rings is 1. The first-order valence-electron chi connectivity index (χ1n) is 7.42. The second kappa shape index (κ2) is 6.02. The molecule has 3 heteroatoms. The number of halogens is 1. The van der Waals surface area contributed by atoms with Gasteiger partial charge in [-0.05, 0) is 73.9 Å². The molecule has 1 aromatic carbocycles. The zero-order valence-electron chi connectivity index (χ0n) is 11.3. The second-order valence-corrected chi connectivity index (χ2v) is 5.68. The lowest BCUT2D eigenvalue weighted by Crippen LogP contribution is -2.27. The van der Waals surface area contributed by atoms with Gasteiger partial charge in [0.05, 0.1) is 0 Å². The maximum atomic E-state index is 13.6. The SMILES string of the molecule is Fc1ccc(C2CCOCC2)c(C2CCNCC2)c1. The molecule has 19 heavy (non-hydrogen) atoms. The number of benzene rings is 1. The van der Waals surface area contributed by atoms with E-state index in [1.165, 1.54) is 11.1 Å². The van der Waals surface area contributed by atoms with E-state index < -0.39 is 0 Å². The molecule has 104 valence electrons. The fraction of sp³-hybridized carbons (Fsp3) is 0.625. The fourth-order valence-corrected chi connectivity index (χ4v) is 3.41. The lowest BCUT2D eigenvalue weighted by Gasteiger charge is -2.30. The smallest absolute Gasteiger partial charge is 0.123 e. The van der Waals surface area contributed by atoms with Gasteiger partial charge in [-0.2, -0.15) is 0 Å². The molecule has 2 heterocycles. The molecule has 2 aliphatic rings. The Morgan fingerprint density at radius 1 is 0.947 bits per heavy atom. The number of nitrogens with one attached hydrogen (secondary N) is 1. The monoisotopic (exact) mass is 263 g/mol. The molecule has 0 radical (unpaired) electrons. The highest BCUT2D eigenvalue weighted by Crippen LogP contribution is 2.36. The predicted molar refractivity (Wildman–Crippen MR) is 74.0 cm³/mol. The summed E-state index contributed by atoms with van der Waals surface area (Å²) < 4.78 is 19.1. The van der Waals surface area contributed by atoms with Gasteiger partial charge in [-0.3, -0.25) is 0 Å². The summed E-state index contributed by atoms with van der Waals surface area (Å²) in [5, 5.41) is 3.38. The van der Waals surface area contributed by atoms with Crippen LogP contribution in [-0.4, -0.2) is 26.3 Å². The summed E-state index contributed by atoms with van der Waals surface area (Å²) in [5.41, 5.74) is 2.63. The van der Waals surface area contributed by atoms with Gasteiger partial charge in [0.25, 0.3) is 0 Å². The van der Waals surface area contributed by atoms with Crippen LogP contribution in [0.2, 0.25) is 0 Å². The molecule has 2 aliphatic heterocycles. The molecule has 0 spiro atoms. The van der Waals surface area contributed by atoms with Gasteiger partial charge in [-0.25, -0.2) is 4.39 Å². The highest BCUT2D eigenvalue weighted by atomic mass is 19.1. The van der Waals surface area contributed by atoms with Crippen LogP contribution in [0.3, 0.4) is 0 Å². The van der Waals surface area contributed by atoms with Crippen molar-refractivity contribution in [3.8, 4) is 0 Å². The Balaban J connectivity index is 1.88. The topological polar surface area (TPSA) is 21.3 Å². The molecule has 3 rings (SSSR count). The highest BCUT2D eigenvalue weighted by molar-refractivity contribution is 5.34. The molecule has 0 aromatic heterocycles. The molecule has 0 bridgehead atoms. The summed E-state index contributed by atoms with van der Waals surface area (Å²) in [4.78, 5) is 0. The number of rotatable bonds is 2. The molecule has 0 amide bonds. The van der Waals surface area contributed by atoms with E-state index in [1.54, 1.807) is 12.1 Å². The summed E-state index contributed by atoms with van der Waals surface area (Å²) in [6.07, 6.45) is 4.40. The average Bonchev–Trinajstić information content (AvgIpc) is 2.49. The first kappa shape index (κ1) is 13.1. The third-order valence-corrected chi connectivity index (χ3v) is 4.49. The van der Waals surface area contributed by atoms with E-state index >= 15 is 0 Å². The molecule has 0 aliphatic carbocycles. The number of ether oxygens (including phenoxy) is 1. The van der Waals surface area contributed by atoms with E-state index in [1.807, 2.05) is 6.07 Å². The van der Waals surface area contributed by atoms with Gasteiger partial charge in [0.2, 0.25) is 0 Å². The normalized spacial score (nSPS) is 22.6. The maximum absolute atomic E-state index is 13.6. The zero-order chi connectivity index (χ0) is 13.1. The van der Waals surface area contributed by atoms with Crippen LogP contribution in [0.1, 0.15) is 48.6 Å². The molecular weight excluding hydrogens is 241 g/mol. The van der Waals surface area contributed by atoms with Crippen molar-refractivity contribution < 1.29 is 9.13 Å². The summed E-state index contributed by atoms with van der Waals surface area (Å²) >= 11 is 0. The minimum absolute atomic E-state index is 0.0932. The van der Waals surface area contributed by atoms with Gasteiger partial charge >= 0.3 is 0 Å². The lowest BCUT2D eigenvalue weighted by molar-refractivity contribution is 0.0850. The standard InChI is InChI=1S/C16H22FNO/c17-14-1-2-15(13-5-9-19-10-6-13)16(11-14)12-3-7-18-8-4-12/h1-2,11-13,18H,3-10H2. The van der Waals surface area contributed by atoms with E-state index in [2.05, 4.69) is 5.32 Å². The molecule has 1 aromatic rings. The Morgan fingerprint density at radius 3 is 2.37 bits per heavy atom. The summed E-state index contributed by atoms with van der Waals surface area (Å²) in [6.45, 7) is 3.78. The molecule has 0 unspecified atom stereocenters. The third-order valence-electron chi connectivity index (χ3n) is 4.49. The van der Waals surface area contributed by atoms with Crippen molar-refractivity contribution in [1.29, 1.82) is 0 Å². The van der Waals surface area contributed by atoms with Crippen LogP contribution in [-0.2, 0) is 4.74 Å². The maximum Gasteiger partial charge on any atom is 0.123 e. The van der Waals surface area contributed by atoms with Crippen molar-refractivity contribution in [2.24, 2.45) is 0 Å². The van der Waals surface area contributed by atoms with E-state index in [9.17, 15) is 4.39 Å². The first-order chi connectivity index (χ1) is 9.34. The van der Waals surface area contributed by atoms with Gasteiger partial charge in [-0.1, -0.05) is 6.07 Å². The van der Waals surface area contributed by atoms with Crippen LogP contribution in [0.25, 0.3) is 0 Å². The van der Waals surface area contributed by atoms with Gasteiger partial charge in [0.1, 0.15) is 5.82 Å². The first-order valence-corrected chi connectivity index (χ1v) is 7.42. The van der Waals surface area contributed by atoms with Gasteiger partial charge in [0, 0.05) is 13.2 Å². The average molecular weight is 263 g/mol. The Morgan fingerprint density at radius 2 is 1.63 bits per heavy atom. The van der Waals surface area contributed by atoms with Crippen LogP contribution < -0.4 is 5.32 Å². The van der Waals surface area contributed by atoms with Crippen LogP contribution in [0.4, 0.5) is 4.39 Å². The highest BCUT2D eigenvalue weighted by Gasteiger charge is 2.24. The van der Waals surface area contributed by atoms with Gasteiger partial charge in [0.15, 0.2) is 0 Å². The largest absolute Gasteiger partial charge is 0.381 e. The van der Waals surface area contributed by atoms with Crippen molar-refractivity contribution in [2.75, 3.05) is 26.3 Å². The van der Waals surface area contributed by atoms with Crippen molar-refractivity contribution in [3.05, 3.63) is 35.1 Å². The minimum Gasteiger partial charge on any atom is -0.381 e. The molecule has 0 atom stereocenters. The van der Waals surface area contributed by atoms with Crippen LogP contribution in [0.15, 0.2) is 18.2 Å². The molecule has 2 fully saturated rings. The van der Waals surface area contributed by atoms with Crippen LogP contribution in [0, 0.1) is 5.82 Å². The van der Waals surface area contributed by atoms with Crippen molar-refractivity contribution in [1.82, 2.24) is 5.32 Å². The van der Waals surface area contributed by atoms with E-state index in [4.69, 9.17) is 4.74 Å². The molecular formula is C16H22FNO. The van der Waals surface area contributed by atoms with Crippen molar-refractivity contribution in [3.63, 3.8) is 0 Å². The Hall–Kier alpha value is -0.930. The second-order valence-electron chi connectivity index (χ2n) is 5.68. The summed E-state index contributed by atoms with van der Waals surface area (Å²) in [5.74, 6) is 0.985. The molecule has 2 nitrogen and oxygen atoms in total.